The lowest BCUT2D eigenvalue weighted by molar-refractivity contribution is -0.120. The third-order valence-corrected chi connectivity index (χ3v) is 1.21. The highest BCUT2D eigenvalue weighted by Gasteiger charge is 2.04. The van der Waals surface area contributed by atoms with Crippen molar-refractivity contribution >= 4 is 12.3 Å². The van der Waals surface area contributed by atoms with Crippen molar-refractivity contribution in [2.45, 2.75) is 13.2 Å². The predicted molar refractivity (Wildman–Crippen MR) is 44.7 cm³/mol. The Morgan fingerprint density at radius 1 is 1.69 bits per heavy atom. The molecule has 0 aliphatic rings. The molecule has 0 bridgehead atoms. The molecule has 1 atom stereocenters. The maximum atomic E-state index is 10.4. The molecule has 76 valence electrons. The topological polar surface area (TPSA) is 87.7 Å². The van der Waals surface area contributed by atoms with E-state index in [0.29, 0.717) is 13.0 Å². The predicted octanol–water partition coefficient (Wildman–Crippen LogP) is -1.80. The smallest absolute Gasteiger partial charge is 0.216 e. The maximum absolute atomic E-state index is 10.4. The minimum absolute atomic E-state index is 0.146. The summed E-state index contributed by atoms with van der Waals surface area (Å²) < 4.78 is 4.97. The fraction of sp³-hybridized carbons (Fsp3) is 0.714. The van der Waals surface area contributed by atoms with E-state index in [9.17, 15) is 9.59 Å². The normalized spacial score (nSPS) is 11.8. The standard InChI is InChI=1S/C7H14N2O4/c1-6(12)8-2-3-13-7(4-10)9-5-11/h5,7,10H,2-4H2,1H3,(H,8,12)(H,9,11). The molecule has 0 aromatic carbocycles. The number of amides is 2. The summed E-state index contributed by atoms with van der Waals surface area (Å²) in [6, 6.07) is 0. The number of ether oxygens (including phenoxy) is 1. The molecule has 13 heavy (non-hydrogen) atoms. The highest BCUT2D eigenvalue weighted by molar-refractivity contribution is 5.72. The zero-order chi connectivity index (χ0) is 10.1. The minimum Gasteiger partial charge on any atom is -0.392 e. The first kappa shape index (κ1) is 11.9. The molecule has 2 amide bonds. The Balaban J connectivity index is 3.37. The van der Waals surface area contributed by atoms with Gasteiger partial charge >= 0.3 is 0 Å². The van der Waals surface area contributed by atoms with Gasteiger partial charge in [0, 0.05) is 13.5 Å². The van der Waals surface area contributed by atoms with E-state index in [4.69, 9.17) is 9.84 Å². The molecule has 0 saturated heterocycles. The first-order valence-electron chi connectivity index (χ1n) is 3.87. The van der Waals surface area contributed by atoms with Gasteiger partial charge in [-0.05, 0) is 0 Å². The highest BCUT2D eigenvalue weighted by Crippen LogP contribution is 1.83. The van der Waals surface area contributed by atoms with Gasteiger partial charge in [0.1, 0.15) is 0 Å². The van der Waals surface area contributed by atoms with E-state index in [2.05, 4.69) is 10.6 Å². The summed E-state index contributed by atoms with van der Waals surface area (Å²) in [7, 11) is 0. The van der Waals surface area contributed by atoms with Gasteiger partial charge in [-0.3, -0.25) is 9.59 Å². The number of carbonyl (C=O) groups is 2. The van der Waals surface area contributed by atoms with Gasteiger partial charge in [0.15, 0.2) is 6.23 Å². The summed E-state index contributed by atoms with van der Waals surface area (Å²) in [5.74, 6) is -0.146. The fourth-order valence-corrected chi connectivity index (χ4v) is 0.658. The average Bonchev–Trinajstić information content (AvgIpc) is 2.10. The Kier molecular flexibility index (Phi) is 6.85. The second-order valence-corrected chi connectivity index (χ2v) is 2.31. The number of rotatable bonds is 7. The minimum atomic E-state index is -0.703. The van der Waals surface area contributed by atoms with Crippen LogP contribution >= 0.6 is 0 Å². The van der Waals surface area contributed by atoms with Crippen molar-refractivity contribution in [1.29, 1.82) is 0 Å². The molecule has 0 aliphatic heterocycles. The number of hydrogen-bond donors (Lipinski definition) is 3. The third kappa shape index (κ3) is 7.23. The molecule has 1 unspecified atom stereocenters. The highest BCUT2D eigenvalue weighted by atomic mass is 16.5. The fourth-order valence-electron chi connectivity index (χ4n) is 0.658. The van der Waals surface area contributed by atoms with Crippen molar-refractivity contribution in [3.63, 3.8) is 0 Å². The van der Waals surface area contributed by atoms with Crippen LogP contribution in [0.15, 0.2) is 0 Å². The molecule has 0 aliphatic carbocycles. The van der Waals surface area contributed by atoms with Gasteiger partial charge in [0.05, 0.1) is 13.2 Å². The molecular weight excluding hydrogens is 176 g/mol. The lowest BCUT2D eigenvalue weighted by Gasteiger charge is -2.13. The molecule has 6 heteroatoms. The Bertz CT molecular complexity index is 163. The molecule has 0 heterocycles. The quantitative estimate of drug-likeness (QED) is 0.251. The molecule has 0 aromatic heterocycles. The van der Waals surface area contributed by atoms with Crippen LogP contribution in [-0.4, -0.2) is 43.4 Å². The van der Waals surface area contributed by atoms with E-state index in [1.807, 2.05) is 0 Å². The van der Waals surface area contributed by atoms with E-state index < -0.39 is 6.23 Å². The van der Waals surface area contributed by atoms with E-state index >= 15 is 0 Å². The summed E-state index contributed by atoms with van der Waals surface area (Å²) >= 11 is 0. The van der Waals surface area contributed by atoms with Crippen LogP contribution in [0.3, 0.4) is 0 Å². The largest absolute Gasteiger partial charge is 0.392 e. The van der Waals surface area contributed by atoms with Crippen LogP contribution in [0.2, 0.25) is 0 Å². The first-order chi connectivity index (χ1) is 6.20. The molecule has 3 N–H and O–H groups in total. The number of aliphatic hydroxyl groups excluding tert-OH is 1. The maximum Gasteiger partial charge on any atom is 0.216 e. The van der Waals surface area contributed by atoms with Crippen molar-refractivity contribution < 1.29 is 19.4 Å². The number of aliphatic hydroxyl groups is 1. The van der Waals surface area contributed by atoms with Gasteiger partial charge < -0.3 is 20.5 Å². The van der Waals surface area contributed by atoms with E-state index in [1.165, 1.54) is 6.92 Å². The second kappa shape index (κ2) is 7.51. The molecular formula is C7H14N2O4. The molecule has 0 spiro atoms. The summed E-state index contributed by atoms with van der Waals surface area (Å²) in [6.45, 7) is 1.70. The van der Waals surface area contributed by atoms with Gasteiger partial charge in [-0.1, -0.05) is 0 Å². The number of nitrogens with one attached hydrogen (secondary N) is 2. The second-order valence-electron chi connectivity index (χ2n) is 2.31. The van der Waals surface area contributed by atoms with Crippen LogP contribution in [-0.2, 0) is 14.3 Å². The third-order valence-electron chi connectivity index (χ3n) is 1.21. The average molecular weight is 190 g/mol. The van der Waals surface area contributed by atoms with Crippen LogP contribution in [0.1, 0.15) is 6.92 Å². The summed E-state index contributed by atoms with van der Waals surface area (Å²) in [5, 5.41) is 13.4. The summed E-state index contributed by atoms with van der Waals surface area (Å²) in [6.07, 6.45) is -0.259. The molecule has 0 saturated carbocycles. The van der Waals surface area contributed by atoms with Crippen molar-refractivity contribution in [1.82, 2.24) is 10.6 Å². The Morgan fingerprint density at radius 3 is 2.85 bits per heavy atom. The Morgan fingerprint density at radius 2 is 2.38 bits per heavy atom. The van der Waals surface area contributed by atoms with Crippen molar-refractivity contribution in [2.75, 3.05) is 19.8 Å². The molecule has 0 fully saturated rings. The molecule has 6 nitrogen and oxygen atoms in total. The number of hydrogen-bond acceptors (Lipinski definition) is 4. The summed E-state index contributed by atoms with van der Waals surface area (Å²) in [5.41, 5.74) is 0. The monoisotopic (exact) mass is 190 g/mol. The molecule has 0 rings (SSSR count). The van der Waals surface area contributed by atoms with Crippen molar-refractivity contribution in [3.05, 3.63) is 0 Å². The SMILES string of the molecule is CC(=O)NCCOC(CO)NC=O. The summed E-state index contributed by atoms with van der Waals surface area (Å²) in [4.78, 5) is 20.3. The number of carbonyl (C=O) groups excluding carboxylic acids is 2. The van der Waals surface area contributed by atoms with Gasteiger partial charge in [0.2, 0.25) is 12.3 Å². The van der Waals surface area contributed by atoms with Crippen LogP contribution in [0, 0.1) is 0 Å². The van der Waals surface area contributed by atoms with E-state index in [-0.39, 0.29) is 19.1 Å². The van der Waals surface area contributed by atoms with Gasteiger partial charge in [0.25, 0.3) is 0 Å². The van der Waals surface area contributed by atoms with Crippen LogP contribution in [0.4, 0.5) is 0 Å². The van der Waals surface area contributed by atoms with Crippen LogP contribution in [0.25, 0.3) is 0 Å². The zero-order valence-electron chi connectivity index (χ0n) is 7.45. The van der Waals surface area contributed by atoms with E-state index in [1.54, 1.807) is 0 Å². The van der Waals surface area contributed by atoms with Gasteiger partial charge in [-0.25, -0.2) is 0 Å². The van der Waals surface area contributed by atoms with Crippen molar-refractivity contribution in [2.24, 2.45) is 0 Å². The lowest BCUT2D eigenvalue weighted by atomic mass is 10.5. The van der Waals surface area contributed by atoms with Gasteiger partial charge in [-0.2, -0.15) is 0 Å². The Hall–Kier alpha value is -1.14. The van der Waals surface area contributed by atoms with Gasteiger partial charge in [-0.15, -0.1) is 0 Å². The van der Waals surface area contributed by atoms with Crippen molar-refractivity contribution in [3.8, 4) is 0 Å². The lowest BCUT2D eigenvalue weighted by Crippen LogP contribution is -2.36. The van der Waals surface area contributed by atoms with Crippen LogP contribution in [0.5, 0.6) is 0 Å². The molecule has 0 radical (unpaired) electrons. The zero-order valence-corrected chi connectivity index (χ0v) is 7.45. The van der Waals surface area contributed by atoms with E-state index in [0.717, 1.165) is 0 Å². The molecule has 0 aromatic rings. The first-order valence-corrected chi connectivity index (χ1v) is 3.87. The van der Waals surface area contributed by atoms with Crippen LogP contribution < -0.4 is 10.6 Å². The Labute approximate surface area is 76.3 Å².